The lowest BCUT2D eigenvalue weighted by Gasteiger charge is -2.21. The number of ether oxygens (including phenoxy) is 1. The van der Waals surface area contributed by atoms with Crippen LogP contribution in [-0.2, 0) is 9.53 Å². The fourth-order valence-electron chi connectivity index (χ4n) is 2.87. The molecule has 2 aromatic rings. The van der Waals surface area contributed by atoms with Gasteiger partial charge in [-0.3, -0.25) is 4.79 Å². The second kappa shape index (κ2) is 7.83. The predicted octanol–water partition coefficient (Wildman–Crippen LogP) is 4.25. The van der Waals surface area contributed by atoms with E-state index in [2.05, 4.69) is 9.98 Å². The van der Waals surface area contributed by atoms with E-state index in [-0.39, 0.29) is 22.9 Å². The second-order valence-corrected chi connectivity index (χ2v) is 7.57. The zero-order valence-electron chi connectivity index (χ0n) is 16.8. The molecule has 0 radical (unpaired) electrons. The van der Waals surface area contributed by atoms with Crippen molar-refractivity contribution in [3.63, 3.8) is 0 Å². The molecule has 0 saturated carbocycles. The van der Waals surface area contributed by atoms with Crippen LogP contribution in [0.4, 0.5) is 0 Å². The molecular formula is C23H22N2O4. The largest absolute Gasteiger partial charge is 0.512 e. The van der Waals surface area contributed by atoms with Crippen molar-refractivity contribution in [2.45, 2.75) is 33.3 Å². The molecule has 0 saturated heterocycles. The SMILES string of the molecule is C/C(O)=C(\C(=O)OC(C)(C)C)C1=NC(=NC(=O)c2ccccc2)c2ccccc21. The van der Waals surface area contributed by atoms with Gasteiger partial charge in [-0.15, -0.1) is 0 Å². The Labute approximate surface area is 169 Å². The maximum atomic E-state index is 12.7. The van der Waals surface area contributed by atoms with Crippen LogP contribution in [-0.4, -0.2) is 34.1 Å². The summed E-state index contributed by atoms with van der Waals surface area (Å²) in [5.74, 6) is -1.17. The third kappa shape index (κ3) is 4.48. The molecule has 0 aliphatic carbocycles. The van der Waals surface area contributed by atoms with Crippen molar-refractivity contribution in [3.8, 4) is 0 Å². The summed E-state index contributed by atoms with van der Waals surface area (Å²) in [7, 11) is 0. The van der Waals surface area contributed by atoms with Crippen LogP contribution in [0.2, 0.25) is 0 Å². The van der Waals surface area contributed by atoms with Crippen LogP contribution in [0.15, 0.2) is 75.9 Å². The Bertz CT molecular complexity index is 1050. The van der Waals surface area contributed by atoms with Crippen LogP contribution in [0.5, 0.6) is 0 Å². The van der Waals surface area contributed by atoms with E-state index in [1.165, 1.54) is 6.92 Å². The van der Waals surface area contributed by atoms with E-state index in [4.69, 9.17) is 4.74 Å². The van der Waals surface area contributed by atoms with Gasteiger partial charge in [0, 0.05) is 16.7 Å². The van der Waals surface area contributed by atoms with Gasteiger partial charge >= 0.3 is 5.97 Å². The zero-order chi connectivity index (χ0) is 21.2. The van der Waals surface area contributed by atoms with Crippen LogP contribution in [0.25, 0.3) is 0 Å². The number of hydrogen-bond acceptors (Lipinski definition) is 4. The van der Waals surface area contributed by atoms with Crippen molar-refractivity contribution in [2.24, 2.45) is 9.98 Å². The van der Waals surface area contributed by atoms with Gasteiger partial charge in [-0.05, 0) is 39.8 Å². The first-order valence-corrected chi connectivity index (χ1v) is 9.17. The molecular weight excluding hydrogens is 368 g/mol. The average molecular weight is 390 g/mol. The van der Waals surface area contributed by atoms with E-state index in [9.17, 15) is 14.7 Å². The third-order valence-electron chi connectivity index (χ3n) is 4.07. The number of hydrogen-bond donors (Lipinski definition) is 1. The van der Waals surface area contributed by atoms with Gasteiger partial charge in [-0.25, -0.2) is 9.79 Å². The lowest BCUT2D eigenvalue weighted by molar-refractivity contribution is -0.149. The molecule has 148 valence electrons. The Kier molecular flexibility index (Phi) is 5.46. The first-order valence-electron chi connectivity index (χ1n) is 9.17. The van der Waals surface area contributed by atoms with Gasteiger partial charge in [0.1, 0.15) is 16.9 Å². The van der Waals surface area contributed by atoms with Gasteiger partial charge in [0.05, 0.1) is 5.71 Å². The van der Waals surface area contributed by atoms with E-state index < -0.39 is 17.5 Å². The fourth-order valence-corrected chi connectivity index (χ4v) is 2.87. The van der Waals surface area contributed by atoms with Gasteiger partial charge in [0.2, 0.25) is 0 Å². The molecule has 1 amide bonds. The maximum absolute atomic E-state index is 12.7. The van der Waals surface area contributed by atoms with E-state index in [0.29, 0.717) is 16.7 Å². The molecule has 0 bridgehead atoms. The fraction of sp³-hybridized carbons (Fsp3) is 0.217. The lowest BCUT2D eigenvalue weighted by atomic mass is 9.99. The van der Waals surface area contributed by atoms with Gasteiger partial charge in [-0.1, -0.05) is 42.5 Å². The monoisotopic (exact) mass is 390 g/mol. The molecule has 0 spiro atoms. The van der Waals surface area contributed by atoms with Crippen molar-refractivity contribution >= 4 is 23.4 Å². The van der Waals surface area contributed by atoms with Gasteiger partial charge in [0.15, 0.2) is 5.84 Å². The summed E-state index contributed by atoms with van der Waals surface area (Å²) in [6, 6.07) is 15.8. The van der Waals surface area contributed by atoms with Gasteiger partial charge in [-0.2, -0.15) is 4.99 Å². The number of amides is 1. The van der Waals surface area contributed by atoms with Crippen LogP contribution < -0.4 is 0 Å². The second-order valence-electron chi connectivity index (χ2n) is 7.57. The summed E-state index contributed by atoms with van der Waals surface area (Å²) in [4.78, 5) is 33.8. The molecule has 0 fully saturated rings. The summed E-state index contributed by atoms with van der Waals surface area (Å²) in [6.07, 6.45) is 0. The number of nitrogens with zero attached hydrogens (tertiary/aromatic N) is 2. The smallest absolute Gasteiger partial charge is 0.344 e. The van der Waals surface area contributed by atoms with Crippen molar-refractivity contribution in [3.05, 3.63) is 82.6 Å². The average Bonchev–Trinajstić information content (AvgIpc) is 2.99. The highest BCUT2D eigenvalue weighted by atomic mass is 16.6. The Hall–Kier alpha value is -3.54. The molecule has 2 aromatic carbocycles. The molecule has 0 aromatic heterocycles. The first kappa shape index (κ1) is 20.2. The number of allylic oxidation sites excluding steroid dienone is 1. The highest BCUT2D eigenvalue weighted by Gasteiger charge is 2.32. The van der Waals surface area contributed by atoms with Gasteiger partial charge < -0.3 is 9.84 Å². The molecule has 6 heteroatoms. The standard InChI is InChI=1S/C23H22N2O4/c1-14(26)18(22(28)29-23(2,3)4)19-16-12-8-9-13-17(16)20(24-19)25-21(27)15-10-6-5-7-11-15/h5-13,26H,1-4H3/b18-14+,25-20?. The molecule has 0 unspecified atom stereocenters. The Balaban J connectivity index is 2.08. The summed E-state index contributed by atoms with van der Waals surface area (Å²) >= 11 is 0. The minimum atomic E-state index is -0.739. The molecule has 0 atom stereocenters. The number of aliphatic imine (C=N–C) groups is 2. The van der Waals surface area contributed by atoms with Crippen molar-refractivity contribution in [2.75, 3.05) is 0 Å². The molecule has 3 rings (SSSR count). The number of carbonyl (C=O) groups excluding carboxylic acids is 2. The van der Waals surface area contributed by atoms with Gasteiger partial charge in [0.25, 0.3) is 5.91 Å². The van der Waals surface area contributed by atoms with Crippen LogP contribution in [0.3, 0.4) is 0 Å². The number of benzene rings is 2. The lowest BCUT2D eigenvalue weighted by Crippen LogP contribution is -2.28. The topological polar surface area (TPSA) is 88.3 Å². The van der Waals surface area contributed by atoms with E-state index >= 15 is 0 Å². The van der Waals surface area contributed by atoms with E-state index in [1.807, 2.05) is 6.07 Å². The molecule has 29 heavy (non-hydrogen) atoms. The van der Waals surface area contributed by atoms with Crippen molar-refractivity contribution in [1.29, 1.82) is 0 Å². The van der Waals surface area contributed by atoms with E-state index in [1.54, 1.807) is 69.3 Å². The predicted molar refractivity (Wildman–Crippen MR) is 111 cm³/mol. The summed E-state index contributed by atoms with van der Waals surface area (Å²) in [5, 5.41) is 10.2. The molecule has 1 heterocycles. The van der Waals surface area contributed by atoms with E-state index in [0.717, 1.165) is 0 Å². The third-order valence-corrected chi connectivity index (χ3v) is 4.07. The quantitative estimate of drug-likeness (QED) is 0.482. The summed E-state index contributed by atoms with van der Waals surface area (Å²) in [6.45, 7) is 6.62. The first-order chi connectivity index (χ1) is 13.7. The molecule has 1 N–H and O–H groups in total. The minimum absolute atomic E-state index is 0.0512. The Morgan fingerprint density at radius 1 is 0.966 bits per heavy atom. The highest BCUT2D eigenvalue weighted by molar-refractivity contribution is 6.36. The van der Waals surface area contributed by atoms with Crippen molar-refractivity contribution in [1.82, 2.24) is 0 Å². The van der Waals surface area contributed by atoms with Crippen LogP contribution in [0.1, 0.15) is 49.2 Å². The number of aliphatic hydroxyl groups is 1. The number of esters is 1. The number of amidine groups is 1. The summed E-state index contributed by atoms with van der Waals surface area (Å²) < 4.78 is 5.43. The number of carbonyl (C=O) groups is 2. The molecule has 1 aliphatic heterocycles. The van der Waals surface area contributed by atoms with Crippen molar-refractivity contribution < 1.29 is 19.4 Å². The van der Waals surface area contributed by atoms with Crippen LogP contribution in [0, 0.1) is 0 Å². The van der Waals surface area contributed by atoms with Crippen LogP contribution >= 0.6 is 0 Å². The molecule has 6 nitrogen and oxygen atoms in total. The maximum Gasteiger partial charge on any atom is 0.344 e. The Morgan fingerprint density at radius 2 is 1.55 bits per heavy atom. The Morgan fingerprint density at radius 3 is 2.14 bits per heavy atom. The highest BCUT2D eigenvalue weighted by Crippen LogP contribution is 2.26. The number of fused-ring (bicyclic) bond motifs is 1. The zero-order valence-corrected chi connectivity index (χ0v) is 16.8. The normalized spacial score (nSPS) is 15.4. The molecule has 1 aliphatic rings. The number of rotatable bonds is 3. The minimum Gasteiger partial charge on any atom is -0.512 e. The number of aliphatic hydroxyl groups excluding tert-OH is 1. The summed E-state index contributed by atoms with van der Waals surface area (Å²) in [5.41, 5.74) is 1.08.